The summed E-state index contributed by atoms with van der Waals surface area (Å²) in [6, 6.07) is 12.1. The molecule has 1 fully saturated rings. The van der Waals surface area contributed by atoms with Crippen molar-refractivity contribution in [2.45, 2.75) is 0 Å². The molecule has 3 rings (SSSR count). The van der Waals surface area contributed by atoms with E-state index in [1.807, 2.05) is 36.7 Å². The van der Waals surface area contributed by atoms with E-state index < -0.39 is 0 Å². The van der Waals surface area contributed by atoms with E-state index in [1.165, 1.54) is 0 Å². The average Bonchev–Trinajstić information content (AvgIpc) is 2.61. The summed E-state index contributed by atoms with van der Waals surface area (Å²) in [5, 5.41) is 6.70. The highest BCUT2D eigenvalue weighted by atomic mass is 79.9. The molecular formula is C17H20BrN4O+. The maximum Gasteiger partial charge on any atom is 0.274 e. The number of benzene rings is 1. The van der Waals surface area contributed by atoms with Crippen LogP contribution in [0, 0.1) is 0 Å². The third kappa shape index (κ3) is 4.01. The topological polar surface area (TPSA) is 42.2 Å². The van der Waals surface area contributed by atoms with Crippen molar-refractivity contribution in [2.24, 2.45) is 5.10 Å². The van der Waals surface area contributed by atoms with Gasteiger partial charge in [-0.25, -0.2) is 4.98 Å². The molecule has 1 aliphatic rings. The van der Waals surface area contributed by atoms with Crippen LogP contribution >= 0.6 is 15.9 Å². The van der Waals surface area contributed by atoms with Crippen molar-refractivity contribution in [1.82, 2.24) is 5.01 Å². The number of hydrogen-bond donors (Lipinski definition) is 0. The Balaban J connectivity index is 1.62. The predicted octanol–water partition coefficient (Wildman–Crippen LogP) is 2.43. The zero-order chi connectivity index (χ0) is 16.1. The monoisotopic (exact) mass is 375 g/mol. The second kappa shape index (κ2) is 7.46. The van der Waals surface area contributed by atoms with Crippen molar-refractivity contribution in [1.29, 1.82) is 0 Å². The molecule has 1 aromatic heterocycles. The number of piperazine rings is 1. The number of ether oxygens (including phenoxy) is 1. The molecule has 1 aliphatic heterocycles. The number of aromatic nitrogens is 1. The van der Waals surface area contributed by atoms with Gasteiger partial charge in [0.1, 0.15) is 18.8 Å². The number of anilines is 1. The van der Waals surface area contributed by atoms with Crippen molar-refractivity contribution in [2.75, 3.05) is 38.2 Å². The Morgan fingerprint density at radius 3 is 2.70 bits per heavy atom. The van der Waals surface area contributed by atoms with E-state index in [0.717, 1.165) is 47.8 Å². The summed E-state index contributed by atoms with van der Waals surface area (Å²) in [5.74, 6) is 1.99. The molecule has 0 unspecified atom stereocenters. The molecule has 2 aromatic rings. The SMILES string of the molecule is COc1ccc(Br)cc1/C=N\N1CCN(c2cccc[nH+]2)CC1. The van der Waals surface area contributed by atoms with Gasteiger partial charge in [0.15, 0.2) is 0 Å². The van der Waals surface area contributed by atoms with Gasteiger partial charge in [-0.05, 0) is 24.3 Å². The molecule has 1 aromatic carbocycles. The van der Waals surface area contributed by atoms with E-state index in [9.17, 15) is 0 Å². The highest BCUT2D eigenvalue weighted by Gasteiger charge is 2.21. The first-order chi connectivity index (χ1) is 11.3. The van der Waals surface area contributed by atoms with Gasteiger partial charge in [0.25, 0.3) is 5.82 Å². The lowest BCUT2D eigenvalue weighted by Gasteiger charge is -2.28. The molecule has 0 spiro atoms. The third-order valence-electron chi connectivity index (χ3n) is 3.84. The minimum absolute atomic E-state index is 0.828. The first kappa shape index (κ1) is 15.8. The molecule has 0 bridgehead atoms. The summed E-state index contributed by atoms with van der Waals surface area (Å²) in [5.41, 5.74) is 0.973. The number of methoxy groups -OCH3 is 1. The summed E-state index contributed by atoms with van der Waals surface area (Å²) in [6.45, 7) is 3.70. The number of rotatable bonds is 4. The number of hydrogen-bond acceptors (Lipinski definition) is 4. The number of nitrogens with zero attached hydrogens (tertiary/aromatic N) is 3. The maximum atomic E-state index is 5.37. The molecule has 120 valence electrons. The second-order valence-electron chi connectivity index (χ2n) is 5.32. The van der Waals surface area contributed by atoms with E-state index in [0.29, 0.717) is 0 Å². The molecule has 1 saturated heterocycles. The van der Waals surface area contributed by atoms with Gasteiger partial charge in [-0.1, -0.05) is 22.0 Å². The molecule has 0 saturated carbocycles. The van der Waals surface area contributed by atoms with Crippen LogP contribution in [-0.2, 0) is 0 Å². The van der Waals surface area contributed by atoms with Crippen LogP contribution in [0.2, 0.25) is 0 Å². The number of nitrogens with one attached hydrogen (secondary N) is 1. The minimum atomic E-state index is 0.828. The number of H-pyrrole nitrogens is 1. The van der Waals surface area contributed by atoms with Crippen LogP contribution < -0.4 is 14.6 Å². The van der Waals surface area contributed by atoms with Crippen molar-refractivity contribution < 1.29 is 9.72 Å². The van der Waals surface area contributed by atoms with Gasteiger partial charge in [0.2, 0.25) is 0 Å². The van der Waals surface area contributed by atoms with Crippen LogP contribution in [0.1, 0.15) is 5.56 Å². The van der Waals surface area contributed by atoms with Crippen LogP contribution in [0.3, 0.4) is 0 Å². The quantitative estimate of drug-likeness (QED) is 0.770. The van der Waals surface area contributed by atoms with Crippen molar-refractivity contribution in [3.05, 3.63) is 52.6 Å². The Labute approximate surface area is 144 Å². The Morgan fingerprint density at radius 1 is 1.17 bits per heavy atom. The lowest BCUT2D eigenvalue weighted by molar-refractivity contribution is -0.364. The molecule has 23 heavy (non-hydrogen) atoms. The number of hydrazone groups is 1. The molecular weight excluding hydrogens is 356 g/mol. The van der Waals surface area contributed by atoms with Crippen LogP contribution in [0.4, 0.5) is 5.82 Å². The van der Waals surface area contributed by atoms with Gasteiger partial charge < -0.3 is 4.74 Å². The van der Waals surface area contributed by atoms with Gasteiger partial charge in [-0.3, -0.25) is 9.91 Å². The molecule has 5 nitrogen and oxygen atoms in total. The zero-order valence-electron chi connectivity index (χ0n) is 13.1. The Hall–Kier alpha value is -2.08. The van der Waals surface area contributed by atoms with E-state index >= 15 is 0 Å². The zero-order valence-corrected chi connectivity index (χ0v) is 14.7. The van der Waals surface area contributed by atoms with E-state index in [-0.39, 0.29) is 0 Å². The van der Waals surface area contributed by atoms with Crippen LogP contribution in [0.5, 0.6) is 5.75 Å². The van der Waals surface area contributed by atoms with E-state index in [1.54, 1.807) is 7.11 Å². The smallest absolute Gasteiger partial charge is 0.274 e. The van der Waals surface area contributed by atoms with Crippen molar-refractivity contribution >= 4 is 28.0 Å². The van der Waals surface area contributed by atoms with Gasteiger partial charge in [0, 0.05) is 16.1 Å². The summed E-state index contributed by atoms with van der Waals surface area (Å²) >= 11 is 3.48. The van der Waals surface area contributed by atoms with Gasteiger partial charge >= 0.3 is 0 Å². The lowest BCUT2D eigenvalue weighted by Crippen LogP contribution is -2.45. The fourth-order valence-electron chi connectivity index (χ4n) is 2.58. The molecule has 0 amide bonds. The summed E-state index contributed by atoms with van der Waals surface area (Å²) in [6.07, 6.45) is 3.83. The average molecular weight is 376 g/mol. The highest BCUT2D eigenvalue weighted by Crippen LogP contribution is 2.21. The van der Waals surface area contributed by atoms with E-state index in [2.05, 4.69) is 48.1 Å². The Kier molecular flexibility index (Phi) is 5.12. The van der Waals surface area contributed by atoms with Gasteiger partial charge in [-0.15, -0.1) is 0 Å². The number of halogens is 1. The van der Waals surface area contributed by atoms with E-state index in [4.69, 9.17) is 4.74 Å². The van der Waals surface area contributed by atoms with Crippen molar-refractivity contribution in [3.8, 4) is 5.75 Å². The first-order valence-corrected chi connectivity index (χ1v) is 8.40. The molecule has 0 aliphatic carbocycles. The maximum absolute atomic E-state index is 5.37. The van der Waals surface area contributed by atoms with Crippen LogP contribution in [0.25, 0.3) is 0 Å². The van der Waals surface area contributed by atoms with Gasteiger partial charge in [-0.2, -0.15) is 5.10 Å². The standard InChI is InChI=1S/C17H19BrN4O/c1-23-16-6-5-15(18)12-14(16)13-20-22-10-8-21(9-11-22)17-4-2-3-7-19-17/h2-7,12-13H,8-11H2,1H3/p+1/b20-13-. The van der Waals surface area contributed by atoms with Gasteiger partial charge in [0.05, 0.1) is 32.6 Å². The van der Waals surface area contributed by atoms with Crippen LogP contribution in [-0.4, -0.2) is 44.5 Å². The largest absolute Gasteiger partial charge is 0.496 e. The fourth-order valence-corrected chi connectivity index (χ4v) is 2.96. The highest BCUT2D eigenvalue weighted by molar-refractivity contribution is 9.10. The lowest BCUT2D eigenvalue weighted by atomic mass is 10.2. The fraction of sp³-hybridized carbons (Fsp3) is 0.294. The third-order valence-corrected chi connectivity index (χ3v) is 4.33. The number of pyridine rings is 1. The van der Waals surface area contributed by atoms with Crippen molar-refractivity contribution in [3.63, 3.8) is 0 Å². The second-order valence-corrected chi connectivity index (χ2v) is 6.24. The molecule has 1 N–H and O–H groups in total. The predicted molar refractivity (Wildman–Crippen MR) is 95.1 cm³/mol. The summed E-state index contributed by atoms with van der Waals surface area (Å²) in [4.78, 5) is 5.62. The molecule has 6 heteroatoms. The Morgan fingerprint density at radius 2 is 2.00 bits per heavy atom. The Bertz CT molecular complexity index is 670. The minimum Gasteiger partial charge on any atom is -0.496 e. The summed E-state index contributed by atoms with van der Waals surface area (Å²) in [7, 11) is 1.68. The molecule has 0 atom stereocenters. The normalized spacial score (nSPS) is 15.2. The molecule has 0 radical (unpaired) electrons. The molecule has 2 heterocycles. The number of aromatic amines is 1. The summed E-state index contributed by atoms with van der Waals surface area (Å²) < 4.78 is 6.39. The van der Waals surface area contributed by atoms with Crippen LogP contribution in [0.15, 0.2) is 52.2 Å². The first-order valence-electron chi connectivity index (χ1n) is 7.60.